The van der Waals surface area contributed by atoms with Crippen LogP contribution in [0.4, 0.5) is 8.78 Å². The second-order valence-electron chi connectivity index (χ2n) is 4.93. The van der Waals surface area contributed by atoms with E-state index in [1.165, 1.54) is 7.05 Å². The molecule has 0 aromatic heterocycles. The van der Waals surface area contributed by atoms with Crippen LogP contribution in [0.3, 0.4) is 0 Å². The average molecular weight is 357 g/mol. The first-order valence-electron chi connectivity index (χ1n) is 7.03. The Morgan fingerprint density at radius 1 is 1.04 bits per heavy atom. The number of methoxy groups -OCH3 is 1. The van der Waals surface area contributed by atoms with Crippen molar-refractivity contribution in [3.8, 4) is 11.5 Å². The Morgan fingerprint density at radius 3 is 2.25 bits per heavy atom. The first kappa shape index (κ1) is 18.2. The first-order valence-corrected chi connectivity index (χ1v) is 8.47. The summed E-state index contributed by atoms with van der Waals surface area (Å²) in [4.78, 5) is -0.573. The lowest BCUT2D eigenvalue weighted by atomic mass is 10.3. The molecule has 2 aromatic carbocycles. The molecule has 0 fully saturated rings. The summed E-state index contributed by atoms with van der Waals surface area (Å²) in [6, 6.07) is 9.14. The Kier molecular flexibility index (Phi) is 5.74. The lowest BCUT2D eigenvalue weighted by Crippen LogP contribution is -2.31. The number of benzene rings is 2. The maximum Gasteiger partial charge on any atom is 0.245 e. The zero-order valence-electron chi connectivity index (χ0n) is 13.2. The molecule has 0 aliphatic carbocycles. The Labute approximate surface area is 139 Å². The summed E-state index contributed by atoms with van der Waals surface area (Å²) in [7, 11) is -1.21. The number of rotatable bonds is 7. The van der Waals surface area contributed by atoms with Crippen LogP contribution in [0.5, 0.6) is 11.5 Å². The molecule has 0 atom stereocenters. The fourth-order valence-corrected chi connectivity index (χ4v) is 3.13. The van der Waals surface area contributed by atoms with E-state index in [0.717, 1.165) is 16.4 Å². The van der Waals surface area contributed by atoms with Crippen molar-refractivity contribution in [3.63, 3.8) is 0 Å². The molecule has 0 heterocycles. The molecule has 0 aliphatic rings. The summed E-state index contributed by atoms with van der Waals surface area (Å²) in [6.45, 7) is 0.0794. The van der Waals surface area contributed by atoms with Gasteiger partial charge in [0.15, 0.2) is 0 Å². The van der Waals surface area contributed by atoms with E-state index in [0.29, 0.717) is 17.6 Å². The standard InChI is InChI=1S/C16H17F2NO4S/c1-19(9-10-23-14-6-4-13(22-2)5-7-14)24(20,21)16-8-3-12(17)11-15(16)18/h3-8,11H,9-10H2,1-2H3. The smallest absolute Gasteiger partial charge is 0.245 e. The lowest BCUT2D eigenvalue weighted by Gasteiger charge is -2.18. The van der Waals surface area contributed by atoms with Gasteiger partial charge in [-0.15, -0.1) is 0 Å². The summed E-state index contributed by atoms with van der Waals surface area (Å²) < 4.78 is 62.6. The average Bonchev–Trinajstić information content (AvgIpc) is 2.55. The summed E-state index contributed by atoms with van der Waals surface area (Å²) in [5.74, 6) is -0.738. The van der Waals surface area contributed by atoms with Crippen LogP contribution in [-0.2, 0) is 10.0 Å². The van der Waals surface area contributed by atoms with Gasteiger partial charge in [0.1, 0.15) is 34.6 Å². The van der Waals surface area contributed by atoms with Crippen molar-refractivity contribution in [3.05, 3.63) is 54.1 Å². The van der Waals surface area contributed by atoms with E-state index in [4.69, 9.17) is 9.47 Å². The van der Waals surface area contributed by atoms with Gasteiger partial charge in [-0.2, -0.15) is 4.31 Å². The largest absolute Gasteiger partial charge is 0.497 e. The van der Waals surface area contributed by atoms with Gasteiger partial charge in [-0.05, 0) is 36.4 Å². The Bertz CT molecular complexity index is 794. The molecule has 0 amide bonds. The molecule has 0 bridgehead atoms. The predicted octanol–water partition coefficient (Wildman–Crippen LogP) is 2.67. The molecule has 130 valence electrons. The second kappa shape index (κ2) is 7.59. The first-order chi connectivity index (χ1) is 11.3. The van der Waals surface area contributed by atoms with Gasteiger partial charge < -0.3 is 9.47 Å². The Morgan fingerprint density at radius 2 is 1.67 bits per heavy atom. The van der Waals surface area contributed by atoms with E-state index in [2.05, 4.69) is 0 Å². The highest BCUT2D eigenvalue weighted by Gasteiger charge is 2.24. The Hall–Kier alpha value is -2.19. The highest BCUT2D eigenvalue weighted by Crippen LogP contribution is 2.20. The fourth-order valence-electron chi connectivity index (χ4n) is 1.94. The third-order valence-corrected chi connectivity index (χ3v) is 5.21. The van der Waals surface area contributed by atoms with Crippen LogP contribution in [-0.4, -0.2) is 40.0 Å². The van der Waals surface area contributed by atoms with Crippen molar-refractivity contribution in [2.75, 3.05) is 27.3 Å². The maximum absolute atomic E-state index is 13.7. The van der Waals surface area contributed by atoms with Crippen molar-refractivity contribution in [1.82, 2.24) is 4.31 Å². The maximum atomic E-state index is 13.7. The van der Waals surface area contributed by atoms with E-state index in [1.54, 1.807) is 31.4 Å². The van der Waals surface area contributed by atoms with Gasteiger partial charge in [0.25, 0.3) is 0 Å². The van der Waals surface area contributed by atoms with Crippen LogP contribution in [0, 0.1) is 11.6 Å². The minimum absolute atomic E-state index is 0.00514. The minimum Gasteiger partial charge on any atom is -0.497 e. The van der Waals surface area contributed by atoms with E-state index >= 15 is 0 Å². The van der Waals surface area contributed by atoms with E-state index in [-0.39, 0.29) is 13.2 Å². The van der Waals surface area contributed by atoms with Gasteiger partial charge in [-0.25, -0.2) is 17.2 Å². The molecule has 5 nitrogen and oxygen atoms in total. The second-order valence-corrected chi connectivity index (χ2v) is 6.94. The molecule has 2 rings (SSSR count). The quantitative estimate of drug-likeness (QED) is 0.765. The van der Waals surface area contributed by atoms with Gasteiger partial charge in [-0.3, -0.25) is 0 Å². The summed E-state index contributed by atoms with van der Waals surface area (Å²) >= 11 is 0. The monoisotopic (exact) mass is 357 g/mol. The zero-order chi connectivity index (χ0) is 17.7. The molecular formula is C16H17F2NO4S. The van der Waals surface area contributed by atoms with E-state index < -0.39 is 26.6 Å². The van der Waals surface area contributed by atoms with Crippen molar-refractivity contribution in [2.45, 2.75) is 4.90 Å². The molecule has 0 unspecified atom stereocenters. The molecular weight excluding hydrogens is 340 g/mol. The van der Waals surface area contributed by atoms with Crippen molar-refractivity contribution in [1.29, 1.82) is 0 Å². The molecule has 0 saturated heterocycles. The number of likely N-dealkylation sites (N-methyl/N-ethyl adjacent to an activating group) is 1. The van der Waals surface area contributed by atoms with Crippen LogP contribution < -0.4 is 9.47 Å². The number of hydrogen-bond acceptors (Lipinski definition) is 4. The van der Waals surface area contributed by atoms with Gasteiger partial charge in [0, 0.05) is 19.7 Å². The van der Waals surface area contributed by atoms with Crippen LogP contribution in [0.2, 0.25) is 0 Å². The van der Waals surface area contributed by atoms with Crippen molar-refractivity contribution in [2.24, 2.45) is 0 Å². The van der Waals surface area contributed by atoms with Gasteiger partial charge in [-0.1, -0.05) is 0 Å². The zero-order valence-corrected chi connectivity index (χ0v) is 14.0. The Balaban J connectivity index is 1.98. The number of nitrogens with zero attached hydrogens (tertiary/aromatic N) is 1. The topological polar surface area (TPSA) is 55.8 Å². The molecule has 0 N–H and O–H groups in total. The molecule has 0 spiro atoms. The van der Waals surface area contributed by atoms with Crippen LogP contribution >= 0.6 is 0 Å². The van der Waals surface area contributed by atoms with Crippen LogP contribution in [0.25, 0.3) is 0 Å². The third kappa shape index (κ3) is 4.21. The number of halogens is 2. The van der Waals surface area contributed by atoms with Gasteiger partial charge in [0.2, 0.25) is 10.0 Å². The molecule has 2 aromatic rings. The van der Waals surface area contributed by atoms with E-state index in [9.17, 15) is 17.2 Å². The SMILES string of the molecule is COc1ccc(OCCN(C)S(=O)(=O)c2ccc(F)cc2F)cc1. The summed E-state index contributed by atoms with van der Waals surface area (Å²) in [5.41, 5.74) is 0. The van der Waals surface area contributed by atoms with Gasteiger partial charge >= 0.3 is 0 Å². The molecule has 0 saturated carbocycles. The fraction of sp³-hybridized carbons (Fsp3) is 0.250. The number of hydrogen-bond donors (Lipinski definition) is 0. The van der Waals surface area contributed by atoms with Crippen LogP contribution in [0.1, 0.15) is 0 Å². The van der Waals surface area contributed by atoms with Gasteiger partial charge in [0.05, 0.1) is 7.11 Å². The molecule has 8 heteroatoms. The summed E-state index contributed by atoms with van der Waals surface area (Å²) in [5, 5.41) is 0. The molecule has 0 aliphatic heterocycles. The highest BCUT2D eigenvalue weighted by molar-refractivity contribution is 7.89. The van der Waals surface area contributed by atoms with Crippen molar-refractivity contribution >= 4 is 10.0 Å². The molecule has 24 heavy (non-hydrogen) atoms. The van der Waals surface area contributed by atoms with Crippen LogP contribution in [0.15, 0.2) is 47.4 Å². The lowest BCUT2D eigenvalue weighted by molar-refractivity contribution is 0.286. The number of ether oxygens (including phenoxy) is 2. The normalized spacial score (nSPS) is 11.5. The summed E-state index contributed by atoms with van der Waals surface area (Å²) in [6.07, 6.45) is 0. The number of sulfonamides is 1. The van der Waals surface area contributed by atoms with Crippen molar-refractivity contribution < 1.29 is 26.7 Å². The van der Waals surface area contributed by atoms with E-state index in [1.807, 2.05) is 0 Å². The predicted molar refractivity (Wildman–Crippen MR) is 84.7 cm³/mol. The molecule has 0 radical (unpaired) electrons. The third-order valence-electron chi connectivity index (χ3n) is 3.32. The minimum atomic E-state index is -4.06. The highest BCUT2D eigenvalue weighted by atomic mass is 32.2.